The maximum absolute atomic E-state index is 12.7. The van der Waals surface area contributed by atoms with E-state index in [0.29, 0.717) is 0 Å². The molecule has 1 aromatic rings. The van der Waals surface area contributed by atoms with Gasteiger partial charge in [0, 0.05) is 5.56 Å². The van der Waals surface area contributed by atoms with E-state index in [4.69, 9.17) is 0 Å². The molecule has 2 nitrogen and oxygen atoms in total. The number of benzene rings is 1. The molecule has 0 aliphatic carbocycles. The Morgan fingerprint density at radius 2 is 1.58 bits per heavy atom. The standard InChI is InChI=1S/C17H27NO/c1-6-9-14-10-12-15(13-11-14)16(19)17(4,5)18(7-2)8-3/h10-13H,6-9H2,1-5H3. The second-order valence-electron chi connectivity index (χ2n) is 5.51. The van der Waals surface area contributed by atoms with Crippen LogP contribution in [0.5, 0.6) is 0 Å². The Hall–Kier alpha value is -1.15. The zero-order valence-electron chi connectivity index (χ0n) is 13.0. The fraction of sp³-hybridized carbons (Fsp3) is 0.588. The molecule has 0 bridgehead atoms. The van der Waals surface area contributed by atoms with Gasteiger partial charge in [-0.1, -0.05) is 51.5 Å². The summed E-state index contributed by atoms with van der Waals surface area (Å²) < 4.78 is 0. The predicted octanol–water partition coefficient (Wildman–Crippen LogP) is 3.94. The minimum absolute atomic E-state index is 0.208. The van der Waals surface area contributed by atoms with E-state index in [-0.39, 0.29) is 5.78 Å². The van der Waals surface area contributed by atoms with Crippen molar-refractivity contribution in [2.24, 2.45) is 0 Å². The maximum Gasteiger partial charge on any atom is 0.182 e. The summed E-state index contributed by atoms with van der Waals surface area (Å²) >= 11 is 0. The number of nitrogens with zero attached hydrogens (tertiary/aromatic N) is 1. The third kappa shape index (κ3) is 3.66. The lowest BCUT2D eigenvalue weighted by Gasteiger charge is -2.35. The summed E-state index contributed by atoms with van der Waals surface area (Å²) in [4.78, 5) is 14.9. The summed E-state index contributed by atoms with van der Waals surface area (Å²) in [7, 11) is 0. The highest BCUT2D eigenvalue weighted by molar-refractivity contribution is 6.02. The minimum atomic E-state index is -0.435. The van der Waals surface area contributed by atoms with Crippen molar-refractivity contribution in [3.8, 4) is 0 Å². The van der Waals surface area contributed by atoms with Gasteiger partial charge in [-0.25, -0.2) is 0 Å². The minimum Gasteiger partial charge on any atom is -0.292 e. The summed E-state index contributed by atoms with van der Waals surface area (Å²) in [5.41, 5.74) is 1.69. The Morgan fingerprint density at radius 3 is 2.00 bits per heavy atom. The summed E-state index contributed by atoms with van der Waals surface area (Å²) in [6, 6.07) is 8.10. The van der Waals surface area contributed by atoms with Crippen LogP contribution in [-0.4, -0.2) is 29.3 Å². The Kier molecular flexibility index (Phi) is 5.74. The second kappa shape index (κ2) is 6.85. The summed E-state index contributed by atoms with van der Waals surface area (Å²) in [5, 5.41) is 0. The number of carbonyl (C=O) groups is 1. The van der Waals surface area contributed by atoms with Crippen molar-refractivity contribution in [3.05, 3.63) is 35.4 Å². The van der Waals surface area contributed by atoms with E-state index >= 15 is 0 Å². The van der Waals surface area contributed by atoms with E-state index in [0.717, 1.165) is 31.5 Å². The third-order valence-corrected chi connectivity index (χ3v) is 3.86. The van der Waals surface area contributed by atoms with Crippen LogP contribution in [0.2, 0.25) is 0 Å². The van der Waals surface area contributed by atoms with Crippen molar-refractivity contribution < 1.29 is 4.79 Å². The van der Waals surface area contributed by atoms with Crippen LogP contribution in [0, 0.1) is 0 Å². The second-order valence-corrected chi connectivity index (χ2v) is 5.51. The fourth-order valence-corrected chi connectivity index (χ4v) is 2.62. The van der Waals surface area contributed by atoms with E-state index in [1.54, 1.807) is 0 Å². The van der Waals surface area contributed by atoms with E-state index < -0.39 is 5.54 Å². The Balaban J connectivity index is 2.92. The Morgan fingerprint density at radius 1 is 1.05 bits per heavy atom. The first-order chi connectivity index (χ1) is 8.97. The van der Waals surface area contributed by atoms with Crippen LogP contribution in [-0.2, 0) is 6.42 Å². The molecule has 0 atom stereocenters. The molecule has 0 spiro atoms. The summed E-state index contributed by atoms with van der Waals surface area (Å²) in [6.07, 6.45) is 2.21. The molecule has 0 aliphatic rings. The van der Waals surface area contributed by atoms with Gasteiger partial charge in [-0.2, -0.15) is 0 Å². The van der Waals surface area contributed by atoms with Crippen molar-refractivity contribution in [2.45, 2.75) is 53.0 Å². The van der Waals surface area contributed by atoms with Gasteiger partial charge in [0.2, 0.25) is 0 Å². The Labute approximate surface area is 117 Å². The lowest BCUT2D eigenvalue weighted by molar-refractivity contribution is 0.0669. The fourth-order valence-electron chi connectivity index (χ4n) is 2.62. The monoisotopic (exact) mass is 261 g/mol. The topological polar surface area (TPSA) is 20.3 Å². The number of hydrogen-bond acceptors (Lipinski definition) is 2. The van der Waals surface area contributed by atoms with Crippen molar-refractivity contribution in [2.75, 3.05) is 13.1 Å². The van der Waals surface area contributed by atoms with Gasteiger partial charge in [0.15, 0.2) is 5.78 Å². The van der Waals surface area contributed by atoms with Crippen LogP contribution in [0.15, 0.2) is 24.3 Å². The van der Waals surface area contributed by atoms with Gasteiger partial charge in [-0.05, 0) is 38.9 Å². The number of hydrogen-bond donors (Lipinski definition) is 0. The number of likely N-dealkylation sites (N-methyl/N-ethyl adjacent to an activating group) is 1. The SMILES string of the molecule is CCCc1ccc(C(=O)C(C)(C)N(CC)CC)cc1. The molecule has 2 heteroatoms. The molecular formula is C17H27NO. The van der Waals surface area contributed by atoms with Gasteiger partial charge >= 0.3 is 0 Å². The molecule has 106 valence electrons. The first-order valence-electron chi connectivity index (χ1n) is 7.36. The molecule has 0 aliphatic heterocycles. The molecule has 0 N–H and O–H groups in total. The lowest BCUT2D eigenvalue weighted by Crippen LogP contribution is -2.49. The van der Waals surface area contributed by atoms with E-state index in [1.807, 2.05) is 26.0 Å². The number of Topliss-reactive ketones (excluding diaryl/α,β-unsaturated/α-hetero) is 1. The van der Waals surface area contributed by atoms with E-state index in [9.17, 15) is 4.79 Å². The smallest absolute Gasteiger partial charge is 0.182 e. The van der Waals surface area contributed by atoms with E-state index in [1.165, 1.54) is 5.56 Å². The van der Waals surface area contributed by atoms with Gasteiger partial charge in [0.05, 0.1) is 5.54 Å². The normalized spacial score (nSPS) is 11.9. The average molecular weight is 261 g/mol. The highest BCUT2D eigenvalue weighted by atomic mass is 16.1. The summed E-state index contributed by atoms with van der Waals surface area (Å²) in [5.74, 6) is 0.208. The lowest BCUT2D eigenvalue weighted by atomic mass is 9.90. The van der Waals surface area contributed by atoms with Gasteiger partial charge in [-0.15, -0.1) is 0 Å². The predicted molar refractivity (Wildman–Crippen MR) is 81.8 cm³/mol. The molecule has 1 aromatic carbocycles. The molecule has 0 radical (unpaired) electrons. The van der Waals surface area contributed by atoms with Crippen LogP contribution in [0.3, 0.4) is 0 Å². The molecule has 0 unspecified atom stereocenters. The van der Waals surface area contributed by atoms with Crippen molar-refractivity contribution >= 4 is 5.78 Å². The molecule has 0 amide bonds. The average Bonchev–Trinajstić information content (AvgIpc) is 2.40. The number of carbonyl (C=O) groups excluding carboxylic acids is 1. The number of rotatable bonds is 7. The number of ketones is 1. The van der Waals surface area contributed by atoms with Crippen LogP contribution < -0.4 is 0 Å². The molecule has 0 fully saturated rings. The van der Waals surface area contributed by atoms with E-state index in [2.05, 4.69) is 37.8 Å². The molecule has 1 rings (SSSR count). The van der Waals surface area contributed by atoms with Crippen LogP contribution in [0.1, 0.15) is 57.0 Å². The highest BCUT2D eigenvalue weighted by Gasteiger charge is 2.33. The van der Waals surface area contributed by atoms with Gasteiger partial charge in [0.25, 0.3) is 0 Å². The first kappa shape index (κ1) is 15.9. The molecule has 0 heterocycles. The molecule has 0 saturated heterocycles. The largest absolute Gasteiger partial charge is 0.292 e. The van der Waals surface area contributed by atoms with Gasteiger partial charge in [0.1, 0.15) is 0 Å². The highest BCUT2D eigenvalue weighted by Crippen LogP contribution is 2.21. The zero-order chi connectivity index (χ0) is 14.5. The Bertz CT molecular complexity index is 402. The van der Waals surface area contributed by atoms with Gasteiger partial charge in [-0.3, -0.25) is 9.69 Å². The van der Waals surface area contributed by atoms with Crippen molar-refractivity contribution in [1.29, 1.82) is 0 Å². The van der Waals surface area contributed by atoms with Crippen LogP contribution in [0.4, 0.5) is 0 Å². The zero-order valence-corrected chi connectivity index (χ0v) is 13.0. The van der Waals surface area contributed by atoms with Gasteiger partial charge < -0.3 is 0 Å². The van der Waals surface area contributed by atoms with Crippen LogP contribution >= 0.6 is 0 Å². The molecule has 19 heavy (non-hydrogen) atoms. The first-order valence-corrected chi connectivity index (χ1v) is 7.36. The third-order valence-electron chi connectivity index (χ3n) is 3.86. The quantitative estimate of drug-likeness (QED) is 0.693. The van der Waals surface area contributed by atoms with Crippen molar-refractivity contribution in [1.82, 2.24) is 4.90 Å². The summed E-state index contributed by atoms with van der Waals surface area (Å²) in [6.45, 7) is 12.2. The molecular weight excluding hydrogens is 234 g/mol. The van der Waals surface area contributed by atoms with Crippen molar-refractivity contribution in [3.63, 3.8) is 0 Å². The number of aryl methyl sites for hydroxylation is 1. The molecule has 0 saturated carbocycles. The van der Waals surface area contributed by atoms with Crippen LogP contribution in [0.25, 0.3) is 0 Å². The maximum atomic E-state index is 12.7. The molecule has 0 aromatic heterocycles.